The van der Waals surface area contributed by atoms with E-state index in [-0.39, 0.29) is 6.61 Å². The van der Waals surface area contributed by atoms with Crippen LogP contribution in [-0.2, 0) is 0 Å². The minimum absolute atomic E-state index is 0.283. The summed E-state index contributed by atoms with van der Waals surface area (Å²) in [7, 11) is 0. The summed E-state index contributed by atoms with van der Waals surface area (Å²) in [5.74, 6) is 0.579. The van der Waals surface area contributed by atoms with Gasteiger partial charge in [0.05, 0.1) is 5.52 Å². The summed E-state index contributed by atoms with van der Waals surface area (Å²) in [6, 6.07) is 8.67. The molecule has 1 heterocycles. The van der Waals surface area contributed by atoms with E-state index in [1.165, 1.54) is 19.3 Å². The maximum absolute atomic E-state index is 9.17. The molecule has 2 atom stereocenters. The van der Waals surface area contributed by atoms with Crippen LogP contribution in [0.3, 0.4) is 0 Å². The van der Waals surface area contributed by atoms with Crippen molar-refractivity contribution in [2.24, 2.45) is 5.92 Å². The number of fused-ring (bicyclic) bond motifs is 1. The highest BCUT2D eigenvalue weighted by Crippen LogP contribution is 2.33. The van der Waals surface area contributed by atoms with Crippen molar-refractivity contribution in [3.8, 4) is 0 Å². The van der Waals surface area contributed by atoms with Crippen LogP contribution in [0.1, 0.15) is 25.7 Å². The van der Waals surface area contributed by atoms with Gasteiger partial charge in [-0.15, -0.1) is 0 Å². The van der Waals surface area contributed by atoms with Crippen molar-refractivity contribution in [3.05, 3.63) is 34.9 Å². The molecule has 0 amide bonds. The molecular weight excluding hydrogens is 316 g/mol. The van der Waals surface area contributed by atoms with Gasteiger partial charge in [0.15, 0.2) is 0 Å². The Bertz CT molecular complexity index is 602. The van der Waals surface area contributed by atoms with E-state index < -0.39 is 0 Å². The van der Waals surface area contributed by atoms with Gasteiger partial charge in [-0.2, -0.15) is 0 Å². The van der Waals surface area contributed by atoms with Gasteiger partial charge in [-0.3, -0.25) is 4.98 Å². The predicted octanol–water partition coefficient (Wildman–Crippen LogP) is 3.96. The molecule has 1 aromatic heterocycles. The Balaban J connectivity index is 1.89. The first kappa shape index (κ1) is 13.8. The monoisotopic (exact) mass is 334 g/mol. The molecule has 106 valence electrons. The summed E-state index contributed by atoms with van der Waals surface area (Å²) in [4.78, 5) is 4.44. The lowest BCUT2D eigenvalue weighted by molar-refractivity contribution is 0.254. The molecule has 2 unspecified atom stereocenters. The van der Waals surface area contributed by atoms with Crippen molar-refractivity contribution in [2.75, 3.05) is 11.9 Å². The van der Waals surface area contributed by atoms with Crippen LogP contribution in [0.5, 0.6) is 0 Å². The molecule has 2 N–H and O–H groups in total. The topological polar surface area (TPSA) is 45.1 Å². The van der Waals surface area contributed by atoms with E-state index in [0.29, 0.717) is 12.0 Å². The number of nitrogens with one attached hydrogen (secondary N) is 1. The molecule has 1 aromatic carbocycles. The number of para-hydroxylation sites is 1. The summed E-state index contributed by atoms with van der Waals surface area (Å²) >= 11 is 3.56. The lowest BCUT2D eigenvalue weighted by Gasteiger charge is -2.22. The zero-order valence-corrected chi connectivity index (χ0v) is 12.9. The molecule has 0 radical (unpaired) electrons. The largest absolute Gasteiger partial charge is 0.396 e. The van der Waals surface area contributed by atoms with Gasteiger partial charge in [-0.25, -0.2) is 0 Å². The van der Waals surface area contributed by atoms with Gasteiger partial charge in [0.25, 0.3) is 0 Å². The third-order valence-electron chi connectivity index (χ3n) is 4.22. The van der Waals surface area contributed by atoms with Gasteiger partial charge < -0.3 is 10.4 Å². The number of halogens is 1. The number of hydrogen-bond acceptors (Lipinski definition) is 3. The second-order valence-corrected chi connectivity index (χ2v) is 6.30. The van der Waals surface area contributed by atoms with E-state index in [2.05, 4.69) is 32.3 Å². The Morgan fingerprint density at radius 3 is 3.05 bits per heavy atom. The van der Waals surface area contributed by atoms with E-state index in [1.807, 2.05) is 24.4 Å². The molecule has 1 fully saturated rings. The zero-order chi connectivity index (χ0) is 13.9. The van der Waals surface area contributed by atoms with E-state index in [1.54, 1.807) is 0 Å². The quantitative estimate of drug-likeness (QED) is 0.889. The standard InChI is InChI=1S/C16H19BrN2O/c17-13-5-2-4-12-15(7-9-18-16(12)13)19-14-6-1-3-11(14)8-10-20/h2,4-5,7,9,11,14,20H,1,3,6,8,10H2,(H,18,19). The van der Waals surface area contributed by atoms with Crippen LogP contribution in [0.2, 0.25) is 0 Å². The number of pyridine rings is 1. The average Bonchev–Trinajstić information content (AvgIpc) is 2.88. The zero-order valence-electron chi connectivity index (χ0n) is 11.3. The van der Waals surface area contributed by atoms with Crippen LogP contribution in [0, 0.1) is 5.92 Å². The average molecular weight is 335 g/mol. The molecule has 0 saturated heterocycles. The molecule has 3 rings (SSSR count). The molecule has 4 heteroatoms. The smallest absolute Gasteiger partial charge is 0.0864 e. The molecule has 0 aliphatic heterocycles. The van der Waals surface area contributed by atoms with Crippen molar-refractivity contribution in [1.82, 2.24) is 4.98 Å². The highest BCUT2D eigenvalue weighted by molar-refractivity contribution is 9.10. The molecule has 1 aliphatic rings. The highest BCUT2D eigenvalue weighted by Gasteiger charge is 2.26. The SMILES string of the molecule is OCCC1CCCC1Nc1ccnc2c(Br)cccc12. The molecule has 1 aliphatic carbocycles. The molecule has 3 nitrogen and oxygen atoms in total. The van der Waals surface area contributed by atoms with Crippen molar-refractivity contribution >= 4 is 32.5 Å². The molecule has 1 saturated carbocycles. The number of hydrogen-bond donors (Lipinski definition) is 2. The Kier molecular flexibility index (Phi) is 4.22. The summed E-state index contributed by atoms with van der Waals surface area (Å²) in [6.07, 6.45) is 6.39. The van der Waals surface area contributed by atoms with Crippen molar-refractivity contribution in [3.63, 3.8) is 0 Å². The number of nitrogens with zero attached hydrogens (tertiary/aromatic N) is 1. The van der Waals surface area contributed by atoms with Gasteiger partial charge >= 0.3 is 0 Å². The van der Waals surface area contributed by atoms with Crippen molar-refractivity contribution < 1.29 is 5.11 Å². The number of anilines is 1. The maximum atomic E-state index is 9.17. The van der Waals surface area contributed by atoms with E-state index >= 15 is 0 Å². The van der Waals surface area contributed by atoms with Gasteiger partial charge in [0.2, 0.25) is 0 Å². The fraction of sp³-hybridized carbons (Fsp3) is 0.438. The van der Waals surface area contributed by atoms with Gasteiger partial charge in [-0.1, -0.05) is 18.6 Å². The minimum atomic E-state index is 0.283. The van der Waals surface area contributed by atoms with Gasteiger partial charge in [0, 0.05) is 34.4 Å². The van der Waals surface area contributed by atoms with Crippen molar-refractivity contribution in [1.29, 1.82) is 0 Å². The van der Waals surface area contributed by atoms with Crippen LogP contribution in [0.25, 0.3) is 10.9 Å². The lowest BCUT2D eigenvalue weighted by Crippen LogP contribution is -2.24. The van der Waals surface area contributed by atoms with Crippen molar-refractivity contribution in [2.45, 2.75) is 31.7 Å². The van der Waals surface area contributed by atoms with Crippen LogP contribution in [0.4, 0.5) is 5.69 Å². The molecule has 20 heavy (non-hydrogen) atoms. The summed E-state index contributed by atoms with van der Waals surface area (Å²) in [5, 5.41) is 14.0. The maximum Gasteiger partial charge on any atom is 0.0864 e. The normalized spacial score (nSPS) is 22.3. The summed E-state index contributed by atoms with van der Waals surface area (Å²) in [6.45, 7) is 0.283. The molecule has 0 spiro atoms. The Labute approximate surface area is 127 Å². The number of aromatic nitrogens is 1. The third-order valence-corrected chi connectivity index (χ3v) is 4.86. The lowest BCUT2D eigenvalue weighted by atomic mass is 9.99. The Hall–Kier alpha value is -1.13. The predicted molar refractivity (Wildman–Crippen MR) is 85.9 cm³/mol. The molecule has 0 bridgehead atoms. The van der Waals surface area contributed by atoms with E-state index in [9.17, 15) is 5.11 Å². The third kappa shape index (κ3) is 2.67. The van der Waals surface area contributed by atoms with Gasteiger partial charge in [-0.05, 0) is 53.2 Å². The number of aliphatic hydroxyl groups excluding tert-OH is 1. The first-order valence-electron chi connectivity index (χ1n) is 7.20. The van der Waals surface area contributed by atoms with E-state index in [4.69, 9.17) is 0 Å². The number of rotatable bonds is 4. The van der Waals surface area contributed by atoms with Crippen LogP contribution >= 0.6 is 15.9 Å². The first-order chi connectivity index (χ1) is 9.79. The summed E-state index contributed by atoms with van der Waals surface area (Å²) < 4.78 is 1.02. The van der Waals surface area contributed by atoms with E-state index in [0.717, 1.165) is 27.5 Å². The molecular formula is C16H19BrN2O. The van der Waals surface area contributed by atoms with Crippen LogP contribution in [-0.4, -0.2) is 22.7 Å². The van der Waals surface area contributed by atoms with Gasteiger partial charge in [0.1, 0.15) is 0 Å². The second-order valence-electron chi connectivity index (χ2n) is 5.45. The summed E-state index contributed by atoms with van der Waals surface area (Å²) in [5.41, 5.74) is 2.14. The fourth-order valence-corrected chi connectivity index (χ4v) is 3.67. The minimum Gasteiger partial charge on any atom is -0.396 e. The molecule has 2 aromatic rings. The van der Waals surface area contributed by atoms with Crippen LogP contribution < -0.4 is 5.32 Å². The fourth-order valence-electron chi connectivity index (χ4n) is 3.20. The first-order valence-corrected chi connectivity index (χ1v) is 7.99. The Morgan fingerprint density at radius 2 is 2.20 bits per heavy atom. The Morgan fingerprint density at radius 1 is 1.30 bits per heavy atom. The highest BCUT2D eigenvalue weighted by atomic mass is 79.9. The number of aliphatic hydroxyl groups is 1. The van der Waals surface area contributed by atoms with Crippen LogP contribution in [0.15, 0.2) is 34.9 Å². The number of benzene rings is 1. The second kappa shape index (κ2) is 6.10.